The Hall–Kier alpha value is -0.620. The molecule has 1 amide bonds. The summed E-state index contributed by atoms with van der Waals surface area (Å²) in [5.41, 5.74) is 1.14. The van der Waals surface area contributed by atoms with Crippen LogP contribution >= 0.6 is 23.7 Å². The number of rotatable bonds is 3. The van der Waals surface area contributed by atoms with Crippen molar-refractivity contribution in [3.8, 4) is 0 Å². The van der Waals surface area contributed by atoms with E-state index in [-0.39, 0.29) is 24.4 Å². The summed E-state index contributed by atoms with van der Waals surface area (Å²) in [4.78, 5) is 11.6. The number of hydrogen-bond acceptors (Lipinski definition) is 4. The summed E-state index contributed by atoms with van der Waals surface area (Å²) in [6.45, 7) is 2.63. The Balaban J connectivity index is 0.00000128. The summed E-state index contributed by atoms with van der Waals surface area (Å²) in [5.74, 6) is -0.0339. The summed E-state index contributed by atoms with van der Waals surface area (Å²) in [6, 6.07) is 2.00. The van der Waals surface area contributed by atoms with Gasteiger partial charge in [0.25, 0.3) is 5.91 Å². The highest BCUT2D eigenvalue weighted by Crippen LogP contribution is 2.05. The molecule has 0 spiro atoms. The number of morpholine rings is 1. The van der Waals surface area contributed by atoms with Gasteiger partial charge < -0.3 is 15.4 Å². The van der Waals surface area contributed by atoms with Gasteiger partial charge in [-0.1, -0.05) is 0 Å². The van der Waals surface area contributed by atoms with E-state index in [0.29, 0.717) is 19.7 Å². The monoisotopic (exact) mass is 262 g/mol. The Labute approximate surface area is 105 Å². The Bertz CT molecular complexity index is 313. The molecule has 1 atom stereocenters. The molecule has 1 aliphatic heterocycles. The van der Waals surface area contributed by atoms with E-state index in [4.69, 9.17) is 4.74 Å². The molecule has 2 rings (SSSR count). The topological polar surface area (TPSA) is 50.4 Å². The summed E-state index contributed by atoms with van der Waals surface area (Å²) in [6.07, 6.45) is -0.336. The fourth-order valence-electron chi connectivity index (χ4n) is 1.43. The van der Waals surface area contributed by atoms with Crippen molar-refractivity contribution in [2.45, 2.75) is 12.6 Å². The number of halogens is 1. The van der Waals surface area contributed by atoms with E-state index in [0.717, 1.165) is 12.1 Å². The minimum atomic E-state index is -0.336. The first-order valence-electron chi connectivity index (χ1n) is 4.97. The summed E-state index contributed by atoms with van der Waals surface area (Å²) >= 11 is 1.63. The average molecular weight is 263 g/mol. The number of amides is 1. The third-order valence-corrected chi connectivity index (χ3v) is 3.00. The summed E-state index contributed by atoms with van der Waals surface area (Å²) in [5, 5.41) is 10.0. The van der Waals surface area contributed by atoms with Gasteiger partial charge >= 0.3 is 0 Å². The molecule has 0 aliphatic carbocycles. The summed E-state index contributed by atoms with van der Waals surface area (Å²) < 4.78 is 5.34. The van der Waals surface area contributed by atoms with Crippen LogP contribution in [0.1, 0.15) is 5.56 Å². The van der Waals surface area contributed by atoms with E-state index in [1.807, 2.05) is 16.8 Å². The number of thiophene rings is 1. The zero-order chi connectivity index (χ0) is 10.5. The number of carbonyl (C=O) groups is 1. The molecule has 0 saturated carbocycles. The molecule has 1 aliphatic rings. The zero-order valence-electron chi connectivity index (χ0n) is 8.77. The standard InChI is InChI=1S/C10H14N2O2S.ClH/c13-10(9-6-11-2-3-14-9)12-5-8-1-4-15-7-8;/h1,4,7,9,11H,2-3,5-6H2,(H,12,13);1H/t9-;/m0./s1. The second kappa shape index (κ2) is 6.85. The van der Waals surface area contributed by atoms with Crippen molar-refractivity contribution in [3.63, 3.8) is 0 Å². The lowest BCUT2D eigenvalue weighted by Gasteiger charge is -2.22. The maximum absolute atomic E-state index is 11.6. The quantitative estimate of drug-likeness (QED) is 0.846. The molecule has 1 aromatic heterocycles. The van der Waals surface area contributed by atoms with Gasteiger partial charge in [0.1, 0.15) is 6.10 Å². The Morgan fingerprint density at radius 1 is 1.69 bits per heavy atom. The van der Waals surface area contributed by atoms with Crippen molar-refractivity contribution in [3.05, 3.63) is 22.4 Å². The average Bonchev–Trinajstić information content (AvgIpc) is 2.80. The first kappa shape index (κ1) is 13.4. The first-order valence-corrected chi connectivity index (χ1v) is 5.91. The van der Waals surface area contributed by atoms with Gasteiger partial charge in [-0.15, -0.1) is 12.4 Å². The predicted molar refractivity (Wildman–Crippen MR) is 66.0 cm³/mol. The van der Waals surface area contributed by atoms with Crippen molar-refractivity contribution < 1.29 is 9.53 Å². The lowest BCUT2D eigenvalue weighted by atomic mass is 10.2. The maximum atomic E-state index is 11.6. The van der Waals surface area contributed by atoms with Crippen LogP contribution in [0.5, 0.6) is 0 Å². The second-order valence-electron chi connectivity index (χ2n) is 3.41. The molecule has 0 aromatic carbocycles. The molecular formula is C10H15ClN2O2S. The van der Waals surface area contributed by atoms with Crippen LogP contribution in [-0.2, 0) is 16.1 Å². The van der Waals surface area contributed by atoms with Crippen LogP contribution < -0.4 is 10.6 Å². The lowest BCUT2D eigenvalue weighted by Crippen LogP contribution is -2.47. The van der Waals surface area contributed by atoms with Gasteiger partial charge in [0.2, 0.25) is 0 Å². The molecule has 1 aromatic rings. The second-order valence-corrected chi connectivity index (χ2v) is 4.19. The number of carbonyl (C=O) groups excluding carboxylic acids is 1. The van der Waals surface area contributed by atoms with Gasteiger partial charge in [-0.3, -0.25) is 4.79 Å². The highest BCUT2D eigenvalue weighted by atomic mass is 35.5. The van der Waals surface area contributed by atoms with Crippen molar-refractivity contribution >= 4 is 29.7 Å². The highest BCUT2D eigenvalue weighted by Gasteiger charge is 2.20. The van der Waals surface area contributed by atoms with Crippen LogP contribution in [0, 0.1) is 0 Å². The molecule has 6 heteroatoms. The van der Waals surface area contributed by atoms with E-state index in [1.54, 1.807) is 11.3 Å². The minimum absolute atomic E-state index is 0. The fraction of sp³-hybridized carbons (Fsp3) is 0.500. The van der Waals surface area contributed by atoms with Crippen molar-refractivity contribution in [2.75, 3.05) is 19.7 Å². The highest BCUT2D eigenvalue weighted by molar-refractivity contribution is 7.07. The van der Waals surface area contributed by atoms with Gasteiger partial charge in [-0.05, 0) is 22.4 Å². The van der Waals surface area contributed by atoms with Gasteiger partial charge in [-0.2, -0.15) is 11.3 Å². The number of nitrogens with one attached hydrogen (secondary N) is 2. The van der Waals surface area contributed by atoms with Crippen LogP contribution in [-0.4, -0.2) is 31.7 Å². The molecule has 0 unspecified atom stereocenters. The van der Waals surface area contributed by atoms with Gasteiger partial charge in [0, 0.05) is 19.6 Å². The van der Waals surface area contributed by atoms with E-state index >= 15 is 0 Å². The normalized spacial score (nSPS) is 19.9. The molecule has 90 valence electrons. The molecule has 0 bridgehead atoms. The predicted octanol–water partition coefficient (Wildman–Crippen LogP) is 0.774. The fourth-order valence-corrected chi connectivity index (χ4v) is 2.10. The van der Waals surface area contributed by atoms with E-state index in [2.05, 4.69) is 10.6 Å². The Kier molecular flexibility index (Phi) is 5.76. The van der Waals surface area contributed by atoms with Gasteiger partial charge in [0.05, 0.1) is 6.61 Å². The van der Waals surface area contributed by atoms with Crippen molar-refractivity contribution in [2.24, 2.45) is 0 Å². The van der Waals surface area contributed by atoms with Crippen LogP contribution in [0.3, 0.4) is 0 Å². The van der Waals surface area contributed by atoms with E-state index in [9.17, 15) is 4.79 Å². The van der Waals surface area contributed by atoms with Crippen LogP contribution in [0.4, 0.5) is 0 Å². The third-order valence-electron chi connectivity index (χ3n) is 2.27. The summed E-state index contributed by atoms with van der Waals surface area (Å²) in [7, 11) is 0. The van der Waals surface area contributed by atoms with E-state index in [1.165, 1.54) is 0 Å². The molecule has 2 N–H and O–H groups in total. The van der Waals surface area contributed by atoms with Crippen LogP contribution in [0.25, 0.3) is 0 Å². The largest absolute Gasteiger partial charge is 0.366 e. The Morgan fingerprint density at radius 2 is 2.56 bits per heavy atom. The lowest BCUT2D eigenvalue weighted by molar-refractivity contribution is -0.134. The van der Waals surface area contributed by atoms with Gasteiger partial charge in [-0.25, -0.2) is 0 Å². The Morgan fingerprint density at radius 3 is 3.19 bits per heavy atom. The van der Waals surface area contributed by atoms with Gasteiger partial charge in [0.15, 0.2) is 0 Å². The smallest absolute Gasteiger partial charge is 0.250 e. The molecule has 0 radical (unpaired) electrons. The van der Waals surface area contributed by atoms with Crippen LogP contribution in [0.15, 0.2) is 16.8 Å². The molecule has 2 heterocycles. The first-order chi connectivity index (χ1) is 7.36. The van der Waals surface area contributed by atoms with E-state index < -0.39 is 0 Å². The van der Waals surface area contributed by atoms with Crippen LogP contribution in [0.2, 0.25) is 0 Å². The van der Waals surface area contributed by atoms with Crippen molar-refractivity contribution in [1.82, 2.24) is 10.6 Å². The molecule has 1 fully saturated rings. The minimum Gasteiger partial charge on any atom is -0.366 e. The SMILES string of the molecule is Cl.O=C(NCc1ccsc1)[C@@H]1CNCCO1. The molecule has 16 heavy (non-hydrogen) atoms. The maximum Gasteiger partial charge on any atom is 0.250 e. The molecular weight excluding hydrogens is 248 g/mol. The number of hydrogen-bond donors (Lipinski definition) is 2. The van der Waals surface area contributed by atoms with Crippen molar-refractivity contribution in [1.29, 1.82) is 0 Å². The zero-order valence-corrected chi connectivity index (χ0v) is 10.4. The molecule has 4 nitrogen and oxygen atoms in total. The molecule has 1 saturated heterocycles. The third kappa shape index (κ3) is 3.75. The number of ether oxygens (including phenoxy) is 1.